The Balaban J connectivity index is 1.94. The van der Waals surface area contributed by atoms with Gasteiger partial charge in [-0.25, -0.2) is 0 Å². The SMILES string of the molecule is Cc1ccc(CCC(=O)N[C@H](C(N)=O)c2ccccc2)cc1. The molecule has 0 heterocycles. The van der Waals surface area contributed by atoms with Crippen molar-refractivity contribution in [2.24, 2.45) is 5.73 Å². The fourth-order valence-electron chi connectivity index (χ4n) is 2.21. The summed E-state index contributed by atoms with van der Waals surface area (Å²) >= 11 is 0. The summed E-state index contributed by atoms with van der Waals surface area (Å²) in [6.07, 6.45) is 0.950. The molecule has 0 fully saturated rings. The average Bonchev–Trinajstić information content (AvgIpc) is 2.52. The Kier molecular flexibility index (Phi) is 5.31. The molecular formula is C18H20N2O2. The summed E-state index contributed by atoms with van der Waals surface area (Å²) in [5.41, 5.74) is 8.36. The number of rotatable bonds is 6. The average molecular weight is 296 g/mol. The fraction of sp³-hybridized carbons (Fsp3) is 0.222. The summed E-state index contributed by atoms with van der Waals surface area (Å²) < 4.78 is 0. The van der Waals surface area contributed by atoms with E-state index < -0.39 is 11.9 Å². The molecule has 0 aliphatic heterocycles. The van der Waals surface area contributed by atoms with Gasteiger partial charge in [0.15, 0.2) is 0 Å². The molecule has 1 atom stereocenters. The van der Waals surface area contributed by atoms with Crippen molar-refractivity contribution in [1.29, 1.82) is 0 Å². The molecule has 2 rings (SSSR count). The van der Waals surface area contributed by atoms with Crippen molar-refractivity contribution in [3.8, 4) is 0 Å². The Labute approximate surface area is 130 Å². The van der Waals surface area contributed by atoms with Crippen molar-refractivity contribution < 1.29 is 9.59 Å². The topological polar surface area (TPSA) is 72.2 Å². The van der Waals surface area contributed by atoms with E-state index in [1.54, 1.807) is 12.1 Å². The van der Waals surface area contributed by atoms with Crippen LogP contribution in [-0.4, -0.2) is 11.8 Å². The third-order valence-electron chi connectivity index (χ3n) is 3.48. The standard InChI is InChI=1S/C18H20N2O2/c1-13-7-9-14(10-8-13)11-12-16(21)20-17(18(19)22)15-5-3-2-4-6-15/h2-10,17H,11-12H2,1H3,(H2,19,22)(H,20,21)/t17-/m0/s1. The minimum atomic E-state index is -0.785. The Morgan fingerprint density at radius 1 is 1.05 bits per heavy atom. The predicted octanol–water partition coefficient (Wildman–Crippen LogP) is 2.27. The van der Waals surface area contributed by atoms with Crippen LogP contribution in [0.5, 0.6) is 0 Å². The first kappa shape index (κ1) is 15.8. The highest BCUT2D eigenvalue weighted by Crippen LogP contribution is 2.12. The molecule has 0 bridgehead atoms. The molecule has 2 amide bonds. The summed E-state index contributed by atoms with van der Waals surface area (Å²) in [7, 11) is 0. The zero-order valence-electron chi connectivity index (χ0n) is 12.6. The van der Waals surface area contributed by atoms with E-state index in [1.165, 1.54) is 5.56 Å². The second-order valence-corrected chi connectivity index (χ2v) is 5.30. The molecule has 0 unspecified atom stereocenters. The highest BCUT2D eigenvalue weighted by molar-refractivity contribution is 5.87. The smallest absolute Gasteiger partial charge is 0.244 e. The predicted molar refractivity (Wildman–Crippen MR) is 86.0 cm³/mol. The number of nitrogens with one attached hydrogen (secondary N) is 1. The number of primary amides is 1. The third kappa shape index (κ3) is 4.45. The van der Waals surface area contributed by atoms with E-state index in [9.17, 15) is 9.59 Å². The first-order chi connectivity index (χ1) is 10.6. The first-order valence-corrected chi connectivity index (χ1v) is 7.25. The van der Waals surface area contributed by atoms with Crippen LogP contribution >= 0.6 is 0 Å². The number of carbonyl (C=O) groups is 2. The van der Waals surface area contributed by atoms with Crippen LogP contribution in [0, 0.1) is 6.92 Å². The molecule has 114 valence electrons. The molecule has 4 heteroatoms. The fourth-order valence-corrected chi connectivity index (χ4v) is 2.21. The second kappa shape index (κ2) is 7.41. The maximum absolute atomic E-state index is 12.1. The number of carbonyl (C=O) groups excluding carboxylic acids is 2. The normalized spacial score (nSPS) is 11.7. The van der Waals surface area contributed by atoms with E-state index in [4.69, 9.17) is 5.73 Å². The van der Waals surface area contributed by atoms with Gasteiger partial charge < -0.3 is 11.1 Å². The van der Waals surface area contributed by atoms with Crippen molar-refractivity contribution in [2.75, 3.05) is 0 Å². The molecule has 0 aromatic heterocycles. The van der Waals surface area contributed by atoms with E-state index >= 15 is 0 Å². The highest BCUT2D eigenvalue weighted by Gasteiger charge is 2.19. The molecule has 0 aliphatic carbocycles. The molecule has 0 radical (unpaired) electrons. The molecule has 0 saturated carbocycles. The summed E-state index contributed by atoms with van der Waals surface area (Å²) in [6.45, 7) is 2.02. The van der Waals surface area contributed by atoms with E-state index in [0.29, 0.717) is 18.4 Å². The van der Waals surface area contributed by atoms with Crippen molar-refractivity contribution in [3.05, 3.63) is 71.3 Å². The number of benzene rings is 2. The van der Waals surface area contributed by atoms with Gasteiger partial charge in [-0.3, -0.25) is 9.59 Å². The maximum atomic E-state index is 12.1. The van der Waals surface area contributed by atoms with Crippen molar-refractivity contribution in [2.45, 2.75) is 25.8 Å². The lowest BCUT2D eigenvalue weighted by molar-refractivity contribution is -0.127. The lowest BCUT2D eigenvalue weighted by Crippen LogP contribution is -2.37. The molecule has 0 saturated heterocycles. The second-order valence-electron chi connectivity index (χ2n) is 5.30. The Bertz CT molecular complexity index is 636. The van der Waals surface area contributed by atoms with E-state index in [0.717, 1.165) is 5.56 Å². The van der Waals surface area contributed by atoms with Gasteiger partial charge in [0, 0.05) is 6.42 Å². The van der Waals surface area contributed by atoms with Crippen LogP contribution in [0.2, 0.25) is 0 Å². The van der Waals surface area contributed by atoms with Gasteiger partial charge in [-0.2, -0.15) is 0 Å². The van der Waals surface area contributed by atoms with Crippen LogP contribution in [0.1, 0.15) is 29.2 Å². The van der Waals surface area contributed by atoms with Crippen LogP contribution < -0.4 is 11.1 Å². The van der Waals surface area contributed by atoms with Crippen LogP contribution in [0.3, 0.4) is 0 Å². The van der Waals surface area contributed by atoms with Gasteiger partial charge >= 0.3 is 0 Å². The monoisotopic (exact) mass is 296 g/mol. The molecular weight excluding hydrogens is 276 g/mol. The van der Waals surface area contributed by atoms with E-state index in [-0.39, 0.29) is 5.91 Å². The lowest BCUT2D eigenvalue weighted by Gasteiger charge is -2.15. The van der Waals surface area contributed by atoms with Crippen LogP contribution in [-0.2, 0) is 16.0 Å². The van der Waals surface area contributed by atoms with E-state index in [1.807, 2.05) is 49.4 Å². The highest BCUT2D eigenvalue weighted by atomic mass is 16.2. The summed E-state index contributed by atoms with van der Waals surface area (Å²) in [5, 5.41) is 2.70. The van der Waals surface area contributed by atoms with Gasteiger partial charge in [0.25, 0.3) is 0 Å². The molecule has 0 spiro atoms. The largest absolute Gasteiger partial charge is 0.368 e. The quantitative estimate of drug-likeness (QED) is 0.858. The zero-order chi connectivity index (χ0) is 15.9. The number of hydrogen-bond donors (Lipinski definition) is 2. The van der Waals surface area contributed by atoms with Gasteiger partial charge in [0.2, 0.25) is 11.8 Å². The number of nitrogens with two attached hydrogens (primary N) is 1. The van der Waals surface area contributed by atoms with Gasteiger partial charge in [0.05, 0.1) is 0 Å². The third-order valence-corrected chi connectivity index (χ3v) is 3.48. The van der Waals surface area contributed by atoms with Crippen molar-refractivity contribution >= 4 is 11.8 Å². The summed E-state index contributed by atoms with van der Waals surface area (Å²) in [4.78, 5) is 23.6. The van der Waals surface area contributed by atoms with Crippen LogP contribution in [0.25, 0.3) is 0 Å². The molecule has 22 heavy (non-hydrogen) atoms. The van der Waals surface area contributed by atoms with Gasteiger partial charge in [-0.15, -0.1) is 0 Å². The number of hydrogen-bond acceptors (Lipinski definition) is 2. The molecule has 3 N–H and O–H groups in total. The molecule has 2 aromatic rings. The zero-order valence-corrected chi connectivity index (χ0v) is 12.6. The van der Waals surface area contributed by atoms with Crippen molar-refractivity contribution in [3.63, 3.8) is 0 Å². The molecule has 0 aliphatic rings. The van der Waals surface area contributed by atoms with Gasteiger partial charge in [-0.05, 0) is 24.5 Å². The minimum Gasteiger partial charge on any atom is -0.368 e. The van der Waals surface area contributed by atoms with Crippen LogP contribution in [0.15, 0.2) is 54.6 Å². The van der Waals surface area contributed by atoms with E-state index in [2.05, 4.69) is 5.32 Å². The first-order valence-electron chi connectivity index (χ1n) is 7.25. The Morgan fingerprint density at radius 3 is 2.27 bits per heavy atom. The van der Waals surface area contributed by atoms with Gasteiger partial charge in [-0.1, -0.05) is 60.2 Å². The van der Waals surface area contributed by atoms with Gasteiger partial charge in [0.1, 0.15) is 6.04 Å². The van der Waals surface area contributed by atoms with Crippen molar-refractivity contribution in [1.82, 2.24) is 5.32 Å². The summed E-state index contributed by atoms with van der Waals surface area (Å²) in [5.74, 6) is -0.747. The Morgan fingerprint density at radius 2 is 1.68 bits per heavy atom. The molecule has 2 aromatic carbocycles. The Hall–Kier alpha value is -2.62. The molecule has 4 nitrogen and oxygen atoms in total. The number of amides is 2. The van der Waals surface area contributed by atoms with Crippen LogP contribution in [0.4, 0.5) is 0 Å². The maximum Gasteiger partial charge on any atom is 0.244 e. The minimum absolute atomic E-state index is 0.187. The number of aryl methyl sites for hydroxylation is 2. The summed E-state index contributed by atoms with van der Waals surface area (Å²) in [6, 6.07) is 16.3. The lowest BCUT2D eigenvalue weighted by atomic mass is 10.0.